The summed E-state index contributed by atoms with van der Waals surface area (Å²) in [5.74, 6) is 0.703. The number of hydrogen-bond acceptors (Lipinski definition) is 5. The molecule has 0 saturated heterocycles. The highest BCUT2D eigenvalue weighted by Crippen LogP contribution is 2.37. The Balaban J connectivity index is 1.77. The Morgan fingerprint density at radius 3 is 3.16 bits per heavy atom. The van der Waals surface area contributed by atoms with Gasteiger partial charge in [0.2, 0.25) is 0 Å². The minimum atomic E-state index is -0.431. The topological polar surface area (TPSA) is 81.2 Å². The van der Waals surface area contributed by atoms with Crippen LogP contribution in [0, 0.1) is 16.0 Å². The van der Waals surface area contributed by atoms with Gasteiger partial charge >= 0.3 is 0 Å². The Morgan fingerprint density at radius 1 is 1.58 bits per heavy atom. The lowest BCUT2D eigenvalue weighted by atomic mass is 10.2. The zero-order valence-electron chi connectivity index (χ0n) is 10.6. The summed E-state index contributed by atoms with van der Waals surface area (Å²) in [4.78, 5) is 14.5. The molecule has 1 aliphatic carbocycles. The van der Waals surface area contributed by atoms with E-state index in [0.29, 0.717) is 29.1 Å². The number of rotatable bonds is 5. The van der Waals surface area contributed by atoms with Gasteiger partial charge in [-0.3, -0.25) is 10.1 Å². The van der Waals surface area contributed by atoms with Gasteiger partial charge in [0, 0.05) is 18.2 Å². The number of nitrogens with zero attached hydrogens (tertiary/aromatic N) is 2. The van der Waals surface area contributed by atoms with Gasteiger partial charge in [-0.25, -0.2) is 0 Å². The van der Waals surface area contributed by atoms with E-state index in [1.807, 2.05) is 0 Å². The third-order valence-corrected chi connectivity index (χ3v) is 3.47. The van der Waals surface area contributed by atoms with Gasteiger partial charge in [-0.05, 0) is 24.8 Å². The van der Waals surface area contributed by atoms with Gasteiger partial charge in [-0.15, -0.1) is 0 Å². The first kappa shape index (κ1) is 12.0. The van der Waals surface area contributed by atoms with E-state index < -0.39 is 4.92 Å². The maximum absolute atomic E-state index is 10.7. The fourth-order valence-electron chi connectivity index (χ4n) is 2.36. The highest BCUT2D eigenvalue weighted by Gasteiger charge is 2.36. The van der Waals surface area contributed by atoms with Crippen LogP contribution in [-0.4, -0.2) is 15.9 Å². The molecular formula is C13H15N3O3. The molecule has 2 aromatic rings. The quantitative estimate of drug-likeness (QED) is 0.659. The van der Waals surface area contributed by atoms with Crippen molar-refractivity contribution in [1.82, 2.24) is 4.98 Å². The highest BCUT2D eigenvalue weighted by molar-refractivity contribution is 5.77. The molecule has 0 amide bonds. The van der Waals surface area contributed by atoms with Gasteiger partial charge < -0.3 is 9.73 Å². The van der Waals surface area contributed by atoms with Gasteiger partial charge in [0.25, 0.3) is 11.7 Å². The molecule has 1 aromatic heterocycles. The van der Waals surface area contributed by atoms with E-state index in [2.05, 4.69) is 17.2 Å². The molecule has 1 saturated carbocycles. The highest BCUT2D eigenvalue weighted by atomic mass is 16.6. The summed E-state index contributed by atoms with van der Waals surface area (Å²) < 4.78 is 5.54. The largest absolute Gasteiger partial charge is 0.424 e. The maximum atomic E-state index is 10.7. The molecule has 100 valence electrons. The zero-order chi connectivity index (χ0) is 13.4. The van der Waals surface area contributed by atoms with E-state index in [0.717, 1.165) is 6.42 Å². The Labute approximate surface area is 110 Å². The van der Waals surface area contributed by atoms with Gasteiger partial charge in [0.15, 0.2) is 5.58 Å². The summed E-state index contributed by atoms with van der Waals surface area (Å²) in [6, 6.07) is 5.33. The number of nitrogens with one attached hydrogen (secondary N) is 1. The number of non-ortho nitro benzene ring substituents is 1. The van der Waals surface area contributed by atoms with Gasteiger partial charge in [-0.1, -0.05) is 13.3 Å². The van der Waals surface area contributed by atoms with Gasteiger partial charge in [0.1, 0.15) is 5.52 Å². The van der Waals surface area contributed by atoms with E-state index >= 15 is 0 Å². The van der Waals surface area contributed by atoms with Gasteiger partial charge in [-0.2, -0.15) is 4.98 Å². The lowest BCUT2D eigenvalue weighted by Crippen LogP contribution is -2.04. The van der Waals surface area contributed by atoms with Crippen molar-refractivity contribution in [3.05, 3.63) is 28.3 Å². The third-order valence-electron chi connectivity index (χ3n) is 3.47. The standard InChI is InChI=1S/C13H15N3O3/c1-2-3-8-6-10(8)14-13-15-11-7-9(16(17)18)4-5-12(11)19-13/h4-5,7-8,10H,2-3,6H2,1H3,(H,14,15). The average molecular weight is 261 g/mol. The van der Waals surface area contributed by atoms with E-state index in [-0.39, 0.29) is 5.69 Å². The van der Waals surface area contributed by atoms with Crippen molar-refractivity contribution in [1.29, 1.82) is 0 Å². The molecule has 1 N–H and O–H groups in total. The number of nitro benzene ring substituents is 1. The fraction of sp³-hybridized carbons (Fsp3) is 0.462. The van der Waals surface area contributed by atoms with Crippen molar-refractivity contribution in [2.75, 3.05) is 5.32 Å². The van der Waals surface area contributed by atoms with Crippen LogP contribution in [0.4, 0.5) is 11.7 Å². The minimum absolute atomic E-state index is 0.0302. The second-order valence-corrected chi connectivity index (χ2v) is 4.96. The van der Waals surface area contributed by atoms with Crippen LogP contribution in [0.25, 0.3) is 11.1 Å². The SMILES string of the molecule is CCCC1CC1Nc1nc2cc([N+](=O)[O-])ccc2o1. The summed E-state index contributed by atoms with van der Waals surface area (Å²) in [5.41, 5.74) is 1.12. The fourth-order valence-corrected chi connectivity index (χ4v) is 2.36. The molecule has 3 rings (SSSR count). The molecule has 1 aromatic carbocycles. The first-order valence-electron chi connectivity index (χ1n) is 6.49. The van der Waals surface area contributed by atoms with Crippen LogP contribution >= 0.6 is 0 Å². The van der Waals surface area contributed by atoms with Crippen molar-refractivity contribution in [3.8, 4) is 0 Å². The Morgan fingerprint density at radius 2 is 2.42 bits per heavy atom. The van der Waals surface area contributed by atoms with Crippen molar-refractivity contribution in [3.63, 3.8) is 0 Å². The predicted octanol–water partition coefficient (Wildman–Crippen LogP) is 3.34. The molecule has 19 heavy (non-hydrogen) atoms. The normalized spacial score (nSPS) is 21.5. The van der Waals surface area contributed by atoms with E-state index in [1.165, 1.54) is 25.0 Å². The first-order valence-corrected chi connectivity index (χ1v) is 6.49. The summed E-state index contributed by atoms with van der Waals surface area (Å²) in [7, 11) is 0. The Kier molecular flexibility index (Phi) is 2.85. The van der Waals surface area contributed by atoms with Crippen molar-refractivity contribution in [2.45, 2.75) is 32.2 Å². The molecule has 0 aliphatic heterocycles. The molecule has 2 atom stereocenters. The Hall–Kier alpha value is -2.11. The van der Waals surface area contributed by atoms with E-state index in [1.54, 1.807) is 6.07 Å². The molecule has 0 bridgehead atoms. The molecule has 6 heteroatoms. The molecule has 0 radical (unpaired) electrons. The third kappa shape index (κ3) is 2.38. The summed E-state index contributed by atoms with van der Waals surface area (Å²) in [5, 5.41) is 13.9. The molecular weight excluding hydrogens is 246 g/mol. The minimum Gasteiger partial charge on any atom is -0.424 e. The molecule has 0 spiro atoms. The molecule has 2 unspecified atom stereocenters. The molecule has 6 nitrogen and oxygen atoms in total. The maximum Gasteiger partial charge on any atom is 0.295 e. The van der Waals surface area contributed by atoms with Crippen LogP contribution in [0.5, 0.6) is 0 Å². The second-order valence-electron chi connectivity index (χ2n) is 4.96. The van der Waals surface area contributed by atoms with E-state index in [4.69, 9.17) is 4.42 Å². The van der Waals surface area contributed by atoms with Crippen LogP contribution < -0.4 is 5.32 Å². The lowest BCUT2D eigenvalue weighted by Gasteiger charge is -1.98. The molecule has 1 heterocycles. The second kappa shape index (κ2) is 4.53. The number of fused-ring (bicyclic) bond motifs is 1. The van der Waals surface area contributed by atoms with Crippen LogP contribution in [0.15, 0.2) is 22.6 Å². The summed E-state index contributed by atoms with van der Waals surface area (Å²) in [6.45, 7) is 2.17. The zero-order valence-corrected chi connectivity index (χ0v) is 10.6. The molecule has 1 fully saturated rings. The monoisotopic (exact) mass is 261 g/mol. The number of aromatic nitrogens is 1. The van der Waals surface area contributed by atoms with Crippen LogP contribution in [-0.2, 0) is 0 Å². The summed E-state index contributed by atoms with van der Waals surface area (Å²) >= 11 is 0. The van der Waals surface area contributed by atoms with Crippen molar-refractivity contribution < 1.29 is 9.34 Å². The van der Waals surface area contributed by atoms with Crippen LogP contribution in [0.2, 0.25) is 0 Å². The van der Waals surface area contributed by atoms with Crippen LogP contribution in [0.1, 0.15) is 26.2 Å². The van der Waals surface area contributed by atoms with Crippen LogP contribution in [0.3, 0.4) is 0 Å². The average Bonchev–Trinajstić information content (AvgIpc) is 2.97. The smallest absolute Gasteiger partial charge is 0.295 e. The number of benzene rings is 1. The number of anilines is 1. The van der Waals surface area contributed by atoms with E-state index in [9.17, 15) is 10.1 Å². The first-order chi connectivity index (χ1) is 9.17. The predicted molar refractivity (Wildman–Crippen MR) is 71.1 cm³/mol. The van der Waals surface area contributed by atoms with Gasteiger partial charge in [0.05, 0.1) is 4.92 Å². The van der Waals surface area contributed by atoms with Crippen molar-refractivity contribution in [2.24, 2.45) is 5.92 Å². The number of oxazole rings is 1. The number of hydrogen-bond donors (Lipinski definition) is 1. The Bertz CT molecular complexity index is 623. The van der Waals surface area contributed by atoms with Crippen molar-refractivity contribution >= 4 is 22.8 Å². The lowest BCUT2D eigenvalue weighted by molar-refractivity contribution is -0.384. The summed E-state index contributed by atoms with van der Waals surface area (Å²) in [6.07, 6.45) is 3.54. The molecule has 1 aliphatic rings. The number of nitro groups is 1.